The number of rotatable bonds is 6. The zero-order valence-electron chi connectivity index (χ0n) is 13.1. The van der Waals surface area contributed by atoms with Gasteiger partial charge in [0, 0.05) is 13.5 Å². The molecule has 0 aromatic heterocycles. The molecule has 2 aliphatic heterocycles. The Kier molecular flexibility index (Phi) is 6.78. The molecule has 13 heteroatoms. The summed E-state index contributed by atoms with van der Waals surface area (Å²) in [6, 6.07) is -2.87. The Labute approximate surface area is 160 Å². The molecular formula is C11H15N4NaO7S. The quantitative estimate of drug-likeness (QED) is 0.204. The van der Waals surface area contributed by atoms with Crippen LogP contribution in [0.4, 0.5) is 4.79 Å². The maximum absolute atomic E-state index is 12.1. The Morgan fingerprint density at radius 3 is 2.62 bits per heavy atom. The molecule has 2 rings (SSSR count). The van der Waals surface area contributed by atoms with Crippen LogP contribution in [0, 0.1) is 0 Å². The smallest absolute Gasteiger partial charge is 0.724 e. The van der Waals surface area contributed by atoms with Gasteiger partial charge in [-0.05, 0) is 12.0 Å². The molecule has 2 heterocycles. The molecule has 1 saturated heterocycles. The molecule has 2 atom stereocenters. The summed E-state index contributed by atoms with van der Waals surface area (Å²) in [5, 5.41) is 2.96. The minimum Gasteiger partial charge on any atom is -0.724 e. The zero-order valence-corrected chi connectivity index (χ0v) is 15.9. The van der Waals surface area contributed by atoms with E-state index in [1.807, 2.05) is 0 Å². The number of nitrogens with zero attached hydrogens (tertiary/aromatic N) is 2. The van der Waals surface area contributed by atoms with E-state index in [0.29, 0.717) is 10.6 Å². The van der Waals surface area contributed by atoms with Crippen LogP contribution in [-0.4, -0.2) is 66.0 Å². The van der Waals surface area contributed by atoms with Crippen molar-refractivity contribution in [3.8, 4) is 0 Å². The summed E-state index contributed by atoms with van der Waals surface area (Å²) in [7, 11) is -5.16. The first-order valence-corrected chi connectivity index (χ1v) is 7.93. The number of urea groups is 1. The number of primary amides is 1. The van der Waals surface area contributed by atoms with Crippen molar-refractivity contribution in [2.24, 2.45) is 5.73 Å². The van der Waals surface area contributed by atoms with Gasteiger partial charge in [0.15, 0.2) is 0 Å². The molecule has 11 nitrogen and oxygen atoms in total. The van der Waals surface area contributed by atoms with Crippen LogP contribution in [0.5, 0.6) is 0 Å². The molecule has 3 N–H and O–H groups in total. The van der Waals surface area contributed by atoms with Crippen LogP contribution in [0.25, 0.3) is 0 Å². The van der Waals surface area contributed by atoms with E-state index in [1.165, 1.54) is 13.0 Å². The Balaban J connectivity index is 0.00000288. The molecule has 4 amide bonds. The van der Waals surface area contributed by atoms with E-state index >= 15 is 0 Å². The second-order valence-corrected chi connectivity index (χ2v) is 6.05. The van der Waals surface area contributed by atoms with Crippen molar-refractivity contribution in [1.82, 2.24) is 15.3 Å². The number of hydrogen-bond donors (Lipinski definition) is 2. The first-order chi connectivity index (χ1) is 10.6. The summed E-state index contributed by atoms with van der Waals surface area (Å²) in [6.07, 6.45) is 1.64. The summed E-state index contributed by atoms with van der Waals surface area (Å²) < 4.78 is 36.6. The van der Waals surface area contributed by atoms with Crippen LogP contribution < -0.4 is 40.6 Å². The van der Waals surface area contributed by atoms with E-state index < -0.39 is 34.4 Å². The van der Waals surface area contributed by atoms with Gasteiger partial charge in [-0.3, -0.25) is 9.59 Å². The molecule has 0 aromatic carbocycles. The molecule has 24 heavy (non-hydrogen) atoms. The number of nitrogens with two attached hydrogens (primary N) is 1. The molecule has 0 spiro atoms. The van der Waals surface area contributed by atoms with E-state index in [2.05, 4.69) is 9.60 Å². The van der Waals surface area contributed by atoms with Crippen LogP contribution in [0.2, 0.25) is 0 Å². The number of carbonyl (C=O) groups excluding carboxylic acids is 3. The van der Waals surface area contributed by atoms with Crippen LogP contribution >= 0.6 is 0 Å². The predicted octanol–water partition coefficient (Wildman–Crippen LogP) is -5.19. The average molecular weight is 370 g/mol. The molecular weight excluding hydrogens is 355 g/mol. The Bertz CT molecular complexity index is 680. The minimum atomic E-state index is -5.16. The summed E-state index contributed by atoms with van der Waals surface area (Å²) >= 11 is 0. The Hall–Kier alpha value is -1.18. The monoisotopic (exact) mass is 370 g/mol. The van der Waals surface area contributed by atoms with Crippen molar-refractivity contribution >= 4 is 28.2 Å². The molecule has 2 aliphatic rings. The van der Waals surface area contributed by atoms with Crippen molar-refractivity contribution in [3.05, 3.63) is 11.6 Å². The third-order valence-corrected chi connectivity index (χ3v) is 3.82. The maximum atomic E-state index is 12.1. The fraction of sp³-hybridized carbons (Fsp3) is 0.545. The fourth-order valence-corrected chi connectivity index (χ4v) is 2.92. The molecule has 0 saturated carbocycles. The first-order valence-electron chi connectivity index (χ1n) is 6.59. The van der Waals surface area contributed by atoms with Gasteiger partial charge in [-0.2, -0.15) is 9.35 Å². The minimum absolute atomic E-state index is 0. The molecule has 128 valence electrons. The topological polar surface area (TPSA) is 162 Å². The third kappa shape index (κ3) is 4.68. The molecule has 0 unspecified atom stereocenters. The van der Waals surface area contributed by atoms with Gasteiger partial charge in [-0.1, -0.05) is 6.08 Å². The molecule has 2 bridgehead atoms. The fourth-order valence-electron chi connectivity index (χ4n) is 2.55. The van der Waals surface area contributed by atoms with E-state index in [-0.39, 0.29) is 55.0 Å². The van der Waals surface area contributed by atoms with Crippen molar-refractivity contribution in [2.45, 2.75) is 25.4 Å². The zero-order chi connectivity index (χ0) is 17.4. The van der Waals surface area contributed by atoms with E-state index in [0.717, 1.165) is 4.90 Å². The molecule has 1 fully saturated rings. The number of nitrogens with one attached hydrogen (secondary N) is 1. The predicted molar refractivity (Wildman–Crippen MR) is 72.9 cm³/mol. The van der Waals surface area contributed by atoms with Crippen molar-refractivity contribution < 1.29 is 61.2 Å². The number of hydrogen-bond acceptors (Lipinski definition) is 7. The van der Waals surface area contributed by atoms with Crippen molar-refractivity contribution in [1.29, 1.82) is 0 Å². The van der Waals surface area contributed by atoms with Crippen molar-refractivity contribution in [3.63, 3.8) is 0 Å². The molecule has 0 aliphatic carbocycles. The number of amides is 4. The summed E-state index contributed by atoms with van der Waals surface area (Å²) in [5.41, 5.74) is 5.71. The van der Waals surface area contributed by atoms with Crippen LogP contribution in [0.3, 0.4) is 0 Å². The number of fused-ring (bicyclic) bond motifs is 2. The van der Waals surface area contributed by atoms with Gasteiger partial charge in [0.1, 0.15) is 12.1 Å². The van der Waals surface area contributed by atoms with Gasteiger partial charge in [-0.25, -0.2) is 13.2 Å². The number of hydroxylamine groups is 2. The van der Waals surface area contributed by atoms with Gasteiger partial charge in [-0.15, -0.1) is 0 Å². The Morgan fingerprint density at radius 1 is 1.50 bits per heavy atom. The van der Waals surface area contributed by atoms with Crippen molar-refractivity contribution in [2.75, 3.05) is 13.1 Å². The van der Waals surface area contributed by atoms with Gasteiger partial charge in [0.05, 0.1) is 6.54 Å². The third-order valence-electron chi connectivity index (χ3n) is 3.47. The standard InChI is InChI=1S/C11H16N4O7S.Na/c1-6(16)13-3-2-7-4-8(10(12)17)14-5-9(7)15(11(14)18)22-23(19,20)21;/h4,8-9H,2-3,5H2,1H3,(H2,12,17)(H,13,16)(H,19,20,21);/q;+1/p-1/t8-,9+;/m0./s1. The van der Waals surface area contributed by atoms with Gasteiger partial charge in [0.2, 0.25) is 22.2 Å². The average Bonchev–Trinajstić information content (AvgIpc) is 2.65. The molecule has 0 radical (unpaired) electrons. The van der Waals surface area contributed by atoms with E-state index in [1.54, 1.807) is 0 Å². The van der Waals surface area contributed by atoms with Gasteiger partial charge < -0.3 is 20.5 Å². The molecule has 0 aromatic rings. The number of carbonyl (C=O) groups is 3. The van der Waals surface area contributed by atoms with Gasteiger partial charge in [0.25, 0.3) is 0 Å². The SMILES string of the molecule is CC(=O)NCCC1=C[C@@H](C(N)=O)N2C[C@H]1N(OS(=O)(=O)[O-])C2=O.[Na+]. The Morgan fingerprint density at radius 2 is 2.12 bits per heavy atom. The second kappa shape index (κ2) is 7.80. The summed E-state index contributed by atoms with van der Waals surface area (Å²) in [4.78, 5) is 35.5. The largest absolute Gasteiger partial charge is 1.00 e. The van der Waals surface area contributed by atoms with Crippen LogP contribution in [-0.2, 0) is 24.3 Å². The maximum Gasteiger partial charge on any atom is 1.00 e. The normalized spacial score (nSPS) is 22.8. The summed E-state index contributed by atoms with van der Waals surface area (Å²) in [5.74, 6) is -1.08. The van der Waals surface area contributed by atoms with Gasteiger partial charge >= 0.3 is 35.6 Å². The second-order valence-electron chi connectivity index (χ2n) is 5.08. The van der Waals surface area contributed by atoms with E-state index in [9.17, 15) is 27.4 Å². The van der Waals surface area contributed by atoms with E-state index in [4.69, 9.17) is 5.73 Å². The first kappa shape index (κ1) is 20.9. The summed E-state index contributed by atoms with van der Waals surface area (Å²) in [6.45, 7) is 1.48. The van der Waals surface area contributed by atoms with Crippen LogP contribution in [0.15, 0.2) is 11.6 Å². The van der Waals surface area contributed by atoms with Crippen LogP contribution in [0.1, 0.15) is 13.3 Å².